The van der Waals surface area contributed by atoms with E-state index in [1.165, 1.54) is 12.8 Å². The highest BCUT2D eigenvalue weighted by Gasteiger charge is 2.18. The zero-order valence-electron chi connectivity index (χ0n) is 16.5. The van der Waals surface area contributed by atoms with Crippen LogP contribution in [0, 0.1) is 5.92 Å². The molecule has 0 spiro atoms. The molecule has 0 aliphatic carbocycles. The van der Waals surface area contributed by atoms with Gasteiger partial charge in [0.05, 0.1) is 23.3 Å². The highest BCUT2D eigenvalue weighted by atomic mass is 32.2. The number of benzene rings is 1. The number of piperidine rings is 1. The smallest absolute Gasteiger partial charge is 0.258 e. The Morgan fingerprint density at radius 2 is 2.04 bits per heavy atom. The SMILES string of the molecule is CN1CCC(COc2ccc3c(=O)[nH]c(CSC4CCOCC4)nc3c2)CC1. The molecule has 2 saturated heterocycles. The van der Waals surface area contributed by atoms with Gasteiger partial charge < -0.3 is 19.4 Å². The van der Waals surface area contributed by atoms with Crippen molar-refractivity contribution in [1.82, 2.24) is 14.9 Å². The number of thioether (sulfide) groups is 1. The Bertz CT molecular complexity index is 842. The molecule has 0 amide bonds. The maximum atomic E-state index is 12.4. The number of fused-ring (bicyclic) bond motifs is 1. The molecule has 0 bridgehead atoms. The summed E-state index contributed by atoms with van der Waals surface area (Å²) >= 11 is 1.85. The number of H-pyrrole nitrogens is 1. The molecule has 0 atom stereocenters. The fraction of sp³-hybridized carbons (Fsp3) is 0.619. The second-order valence-electron chi connectivity index (χ2n) is 7.87. The Kier molecular flexibility index (Phi) is 6.54. The van der Waals surface area contributed by atoms with Gasteiger partial charge in [0, 0.05) is 24.5 Å². The lowest BCUT2D eigenvalue weighted by molar-refractivity contribution is 0.1000. The molecule has 0 radical (unpaired) electrons. The van der Waals surface area contributed by atoms with Crippen molar-refractivity contribution in [2.24, 2.45) is 5.92 Å². The minimum Gasteiger partial charge on any atom is -0.493 e. The zero-order valence-corrected chi connectivity index (χ0v) is 17.3. The average Bonchev–Trinajstić information content (AvgIpc) is 2.72. The number of likely N-dealkylation sites (tertiary alicyclic amines) is 1. The molecule has 3 heterocycles. The van der Waals surface area contributed by atoms with Crippen LogP contribution in [-0.2, 0) is 10.5 Å². The van der Waals surface area contributed by atoms with E-state index in [0.29, 0.717) is 22.1 Å². The second-order valence-corrected chi connectivity index (χ2v) is 9.16. The van der Waals surface area contributed by atoms with E-state index in [1.807, 2.05) is 30.0 Å². The monoisotopic (exact) mass is 403 g/mol. The summed E-state index contributed by atoms with van der Waals surface area (Å²) in [7, 11) is 2.17. The molecule has 7 heteroatoms. The minimum atomic E-state index is -0.0746. The number of rotatable bonds is 6. The predicted octanol–water partition coefficient (Wildman–Crippen LogP) is 3.06. The second kappa shape index (κ2) is 9.29. The van der Waals surface area contributed by atoms with Crippen molar-refractivity contribution in [3.05, 3.63) is 34.4 Å². The molecule has 152 valence electrons. The van der Waals surface area contributed by atoms with E-state index in [9.17, 15) is 4.79 Å². The minimum absolute atomic E-state index is 0.0746. The van der Waals surface area contributed by atoms with Crippen LogP contribution in [0.25, 0.3) is 10.9 Å². The van der Waals surface area contributed by atoms with Crippen LogP contribution >= 0.6 is 11.8 Å². The molecule has 2 aliphatic rings. The van der Waals surface area contributed by atoms with E-state index in [2.05, 4.69) is 16.9 Å². The molecule has 6 nitrogen and oxygen atoms in total. The maximum Gasteiger partial charge on any atom is 0.258 e. The van der Waals surface area contributed by atoms with Crippen molar-refractivity contribution >= 4 is 22.7 Å². The molecule has 0 saturated carbocycles. The first-order chi connectivity index (χ1) is 13.7. The van der Waals surface area contributed by atoms with E-state index in [0.717, 1.165) is 63.1 Å². The average molecular weight is 404 g/mol. The normalized spacial score (nSPS) is 19.9. The van der Waals surface area contributed by atoms with Crippen molar-refractivity contribution in [3.8, 4) is 5.75 Å². The molecule has 28 heavy (non-hydrogen) atoms. The summed E-state index contributed by atoms with van der Waals surface area (Å²) in [6.07, 6.45) is 4.49. The predicted molar refractivity (Wildman–Crippen MR) is 113 cm³/mol. The Labute approximate surface area is 170 Å². The summed E-state index contributed by atoms with van der Waals surface area (Å²) in [4.78, 5) is 22.4. The van der Waals surface area contributed by atoms with E-state index in [4.69, 9.17) is 14.5 Å². The van der Waals surface area contributed by atoms with Crippen molar-refractivity contribution in [2.75, 3.05) is 40.0 Å². The van der Waals surface area contributed by atoms with Gasteiger partial charge in [-0.3, -0.25) is 4.79 Å². The first-order valence-corrected chi connectivity index (χ1v) is 11.3. The number of ether oxygens (including phenoxy) is 2. The van der Waals surface area contributed by atoms with Crippen LogP contribution in [0.1, 0.15) is 31.5 Å². The standard InChI is InChI=1S/C21H29N3O3S/c1-24-8-4-15(5-9-24)13-27-16-2-3-18-19(12-16)22-20(23-21(18)25)14-28-17-6-10-26-11-7-17/h2-3,12,15,17H,4-11,13-14H2,1H3,(H,22,23,25). The van der Waals surface area contributed by atoms with E-state index >= 15 is 0 Å². The van der Waals surface area contributed by atoms with Gasteiger partial charge in [-0.25, -0.2) is 4.98 Å². The summed E-state index contributed by atoms with van der Waals surface area (Å²) in [5.74, 6) is 2.86. The number of nitrogens with one attached hydrogen (secondary N) is 1. The van der Waals surface area contributed by atoms with Crippen LogP contribution in [0.3, 0.4) is 0 Å². The van der Waals surface area contributed by atoms with Crippen LogP contribution in [0.4, 0.5) is 0 Å². The molecule has 0 unspecified atom stereocenters. The number of nitrogens with zero attached hydrogens (tertiary/aromatic N) is 2. The van der Waals surface area contributed by atoms with Crippen molar-refractivity contribution in [1.29, 1.82) is 0 Å². The Hall–Kier alpha value is -1.57. The molecular formula is C21H29N3O3S. The van der Waals surface area contributed by atoms with Gasteiger partial charge in [-0.1, -0.05) is 0 Å². The molecule has 2 aliphatic heterocycles. The van der Waals surface area contributed by atoms with Gasteiger partial charge in [0.15, 0.2) is 0 Å². The number of hydrogen-bond donors (Lipinski definition) is 1. The summed E-state index contributed by atoms with van der Waals surface area (Å²) in [6.45, 7) is 4.66. The third kappa shape index (κ3) is 5.07. The highest BCUT2D eigenvalue weighted by molar-refractivity contribution is 7.99. The Balaban J connectivity index is 1.41. The van der Waals surface area contributed by atoms with E-state index < -0.39 is 0 Å². The first kappa shape index (κ1) is 19.7. The van der Waals surface area contributed by atoms with Crippen LogP contribution in [0.2, 0.25) is 0 Å². The molecule has 1 aromatic carbocycles. The van der Waals surface area contributed by atoms with Crippen LogP contribution in [0.15, 0.2) is 23.0 Å². The Morgan fingerprint density at radius 3 is 2.82 bits per heavy atom. The lowest BCUT2D eigenvalue weighted by atomic mass is 9.98. The zero-order chi connectivity index (χ0) is 19.3. The van der Waals surface area contributed by atoms with Gasteiger partial charge in [0.25, 0.3) is 5.56 Å². The molecule has 2 aromatic rings. The topological polar surface area (TPSA) is 67.5 Å². The van der Waals surface area contributed by atoms with Crippen LogP contribution < -0.4 is 10.3 Å². The molecule has 2 fully saturated rings. The summed E-state index contributed by atoms with van der Waals surface area (Å²) in [5, 5.41) is 1.20. The fourth-order valence-electron chi connectivity index (χ4n) is 3.81. The molecule has 4 rings (SSSR count). The van der Waals surface area contributed by atoms with Crippen LogP contribution in [0.5, 0.6) is 5.75 Å². The Morgan fingerprint density at radius 1 is 1.25 bits per heavy atom. The van der Waals surface area contributed by atoms with Gasteiger partial charge in [-0.15, -0.1) is 0 Å². The first-order valence-electron chi connectivity index (χ1n) is 10.2. The molecular weight excluding hydrogens is 374 g/mol. The van der Waals surface area contributed by atoms with Crippen LogP contribution in [-0.4, -0.2) is 60.1 Å². The number of aromatic nitrogens is 2. The van der Waals surface area contributed by atoms with Gasteiger partial charge >= 0.3 is 0 Å². The highest BCUT2D eigenvalue weighted by Crippen LogP contribution is 2.25. The molecule has 1 N–H and O–H groups in total. The van der Waals surface area contributed by atoms with Crippen molar-refractivity contribution in [2.45, 2.75) is 36.7 Å². The summed E-state index contributed by atoms with van der Waals surface area (Å²) in [5.41, 5.74) is 0.640. The van der Waals surface area contributed by atoms with E-state index in [1.54, 1.807) is 0 Å². The van der Waals surface area contributed by atoms with Crippen molar-refractivity contribution < 1.29 is 9.47 Å². The van der Waals surface area contributed by atoms with Gasteiger partial charge in [-0.2, -0.15) is 11.8 Å². The van der Waals surface area contributed by atoms with Gasteiger partial charge in [0.2, 0.25) is 0 Å². The third-order valence-electron chi connectivity index (χ3n) is 5.67. The van der Waals surface area contributed by atoms with Gasteiger partial charge in [-0.05, 0) is 63.9 Å². The lowest BCUT2D eigenvalue weighted by Crippen LogP contribution is -2.32. The number of aromatic amines is 1. The third-order valence-corrected chi connectivity index (χ3v) is 7.06. The largest absolute Gasteiger partial charge is 0.493 e. The van der Waals surface area contributed by atoms with Gasteiger partial charge in [0.1, 0.15) is 11.6 Å². The van der Waals surface area contributed by atoms with E-state index in [-0.39, 0.29) is 5.56 Å². The summed E-state index contributed by atoms with van der Waals surface area (Å²) < 4.78 is 11.4. The maximum absolute atomic E-state index is 12.4. The quantitative estimate of drug-likeness (QED) is 0.800. The molecule has 1 aromatic heterocycles. The van der Waals surface area contributed by atoms with Crippen molar-refractivity contribution in [3.63, 3.8) is 0 Å². The lowest BCUT2D eigenvalue weighted by Gasteiger charge is -2.28. The summed E-state index contributed by atoms with van der Waals surface area (Å²) in [6, 6.07) is 5.60. The fourth-order valence-corrected chi connectivity index (χ4v) is 4.86. The number of hydrogen-bond acceptors (Lipinski definition) is 6.